The molecule has 24 heavy (non-hydrogen) atoms. The van der Waals surface area contributed by atoms with Crippen molar-refractivity contribution in [1.29, 1.82) is 5.26 Å². The van der Waals surface area contributed by atoms with Crippen molar-refractivity contribution in [3.8, 4) is 6.07 Å². The van der Waals surface area contributed by atoms with Gasteiger partial charge in [-0.3, -0.25) is 4.79 Å². The van der Waals surface area contributed by atoms with E-state index >= 15 is 0 Å². The van der Waals surface area contributed by atoms with Gasteiger partial charge in [0.25, 0.3) is 5.91 Å². The van der Waals surface area contributed by atoms with Crippen LogP contribution in [0.25, 0.3) is 6.08 Å². The van der Waals surface area contributed by atoms with E-state index in [9.17, 15) is 14.9 Å². The molecule has 0 aliphatic heterocycles. The molecular weight excluding hydrogens is 306 g/mol. The minimum absolute atomic E-state index is 0.0652. The minimum Gasteiger partial charge on any atom is -0.462 e. The average molecular weight is 321 g/mol. The second-order valence-corrected chi connectivity index (χ2v) is 4.68. The predicted octanol–water partition coefficient (Wildman–Crippen LogP) is 2.80. The smallest absolute Gasteiger partial charge is 0.338 e. The van der Waals surface area contributed by atoms with Gasteiger partial charge >= 0.3 is 5.97 Å². The van der Waals surface area contributed by atoms with Gasteiger partial charge in [-0.1, -0.05) is 30.3 Å². The van der Waals surface area contributed by atoms with Gasteiger partial charge in [-0.15, -0.1) is 0 Å². The molecule has 2 aromatic rings. The molecule has 6 nitrogen and oxygen atoms in total. The molecular formula is C18H15N3O3. The molecule has 1 heterocycles. The number of pyridine rings is 1. The Balaban J connectivity index is 2.17. The van der Waals surface area contributed by atoms with E-state index in [2.05, 4.69) is 10.3 Å². The highest BCUT2D eigenvalue weighted by Crippen LogP contribution is 2.11. The van der Waals surface area contributed by atoms with Gasteiger partial charge in [0.05, 0.1) is 12.2 Å². The van der Waals surface area contributed by atoms with Crippen LogP contribution in [0.5, 0.6) is 0 Å². The van der Waals surface area contributed by atoms with Crippen molar-refractivity contribution in [2.75, 3.05) is 11.9 Å². The number of esters is 1. The Morgan fingerprint density at radius 1 is 1.29 bits per heavy atom. The Morgan fingerprint density at radius 3 is 2.71 bits per heavy atom. The summed E-state index contributed by atoms with van der Waals surface area (Å²) < 4.78 is 4.89. The quantitative estimate of drug-likeness (QED) is 0.519. The lowest BCUT2D eigenvalue weighted by atomic mass is 10.1. The molecule has 0 bridgehead atoms. The van der Waals surface area contributed by atoms with Crippen molar-refractivity contribution in [3.05, 3.63) is 65.4 Å². The van der Waals surface area contributed by atoms with Gasteiger partial charge in [0.15, 0.2) is 0 Å². The van der Waals surface area contributed by atoms with Crippen molar-refractivity contribution in [2.24, 2.45) is 0 Å². The van der Waals surface area contributed by atoms with E-state index < -0.39 is 11.9 Å². The van der Waals surface area contributed by atoms with Crippen LogP contribution in [0.2, 0.25) is 0 Å². The van der Waals surface area contributed by atoms with Crippen LogP contribution in [-0.2, 0) is 9.53 Å². The molecule has 1 N–H and O–H groups in total. The molecule has 1 aromatic carbocycles. The van der Waals surface area contributed by atoms with E-state index in [1.807, 2.05) is 24.3 Å². The standard InChI is InChI=1S/C18H15N3O3/c1-2-24-18(23)14-8-9-20-16(11-14)21-17(22)15(12-19)10-13-6-4-3-5-7-13/h3-11H,2H2,1H3,(H,20,21,22)/b15-10+. The summed E-state index contributed by atoms with van der Waals surface area (Å²) in [5, 5.41) is 11.7. The summed E-state index contributed by atoms with van der Waals surface area (Å²) in [7, 11) is 0. The van der Waals surface area contributed by atoms with Crippen molar-refractivity contribution < 1.29 is 14.3 Å². The number of carbonyl (C=O) groups is 2. The number of hydrogen-bond acceptors (Lipinski definition) is 5. The first-order chi connectivity index (χ1) is 11.6. The Morgan fingerprint density at radius 2 is 2.04 bits per heavy atom. The number of carbonyl (C=O) groups excluding carboxylic acids is 2. The highest BCUT2D eigenvalue weighted by Gasteiger charge is 2.12. The van der Waals surface area contributed by atoms with E-state index in [0.717, 1.165) is 5.56 Å². The van der Waals surface area contributed by atoms with Crippen LogP contribution in [-0.4, -0.2) is 23.5 Å². The first kappa shape index (κ1) is 16.9. The summed E-state index contributed by atoms with van der Waals surface area (Å²) in [6.45, 7) is 1.95. The molecule has 0 unspecified atom stereocenters. The normalized spacial score (nSPS) is 10.6. The van der Waals surface area contributed by atoms with Gasteiger partial charge in [-0.25, -0.2) is 9.78 Å². The third-order valence-corrected chi connectivity index (χ3v) is 2.99. The fourth-order valence-electron chi connectivity index (χ4n) is 1.89. The predicted molar refractivity (Wildman–Crippen MR) is 88.9 cm³/mol. The monoisotopic (exact) mass is 321 g/mol. The summed E-state index contributed by atoms with van der Waals surface area (Å²) in [4.78, 5) is 27.9. The summed E-state index contributed by atoms with van der Waals surface area (Å²) >= 11 is 0. The average Bonchev–Trinajstić information content (AvgIpc) is 2.61. The Kier molecular flexibility index (Phi) is 5.81. The summed E-state index contributed by atoms with van der Waals surface area (Å²) in [6.07, 6.45) is 2.86. The first-order valence-corrected chi connectivity index (χ1v) is 7.25. The molecule has 6 heteroatoms. The Hall–Kier alpha value is -3.46. The summed E-state index contributed by atoms with van der Waals surface area (Å²) in [5.74, 6) is -0.939. The van der Waals surface area contributed by atoms with Gasteiger partial charge in [0.2, 0.25) is 0 Å². The highest BCUT2D eigenvalue weighted by atomic mass is 16.5. The number of benzene rings is 1. The van der Waals surface area contributed by atoms with Crippen LogP contribution in [0.15, 0.2) is 54.2 Å². The molecule has 0 atom stereocenters. The lowest BCUT2D eigenvalue weighted by Crippen LogP contribution is -2.15. The van der Waals surface area contributed by atoms with Crippen LogP contribution in [0.3, 0.4) is 0 Å². The second kappa shape index (κ2) is 8.25. The zero-order valence-corrected chi connectivity index (χ0v) is 13.0. The molecule has 0 aliphatic carbocycles. The number of nitrogens with one attached hydrogen (secondary N) is 1. The molecule has 0 spiro atoms. The van der Waals surface area contributed by atoms with Gasteiger partial charge in [-0.2, -0.15) is 5.26 Å². The van der Waals surface area contributed by atoms with E-state index in [-0.39, 0.29) is 23.6 Å². The molecule has 0 aliphatic rings. The molecule has 0 saturated heterocycles. The highest BCUT2D eigenvalue weighted by molar-refractivity contribution is 6.09. The summed E-state index contributed by atoms with van der Waals surface area (Å²) in [6, 6.07) is 13.8. The van der Waals surface area contributed by atoms with Crippen LogP contribution in [0, 0.1) is 11.3 Å². The number of anilines is 1. The van der Waals surface area contributed by atoms with Crippen molar-refractivity contribution in [1.82, 2.24) is 4.98 Å². The van der Waals surface area contributed by atoms with Gasteiger partial charge in [-0.05, 0) is 30.7 Å². The maximum atomic E-state index is 12.2. The molecule has 1 amide bonds. The zero-order chi connectivity index (χ0) is 17.4. The maximum Gasteiger partial charge on any atom is 0.338 e. The zero-order valence-electron chi connectivity index (χ0n) is 13.0. The van der Waals surface area contributed by atoms with Gasteiger partial charge in [0.1, 0.15) is 17.5 Å². The van der Waals surface area contributed by atoms with E-state index in [0.29, 0.717) is 0 Å². The van der Waals surface area contributed by atoms with Crippen LogP contribution < -0.4 is 5.32 Å². The molecule has 0 radical (unpaired) electrons. The van der Waals surface area contributed by atoms with Gasteiger partial charge in [0, 0.05) is 6.20 Å². The first-order valence-electron chi connectivity index (χ1n) is 7.25. The van der Waals surface area contributed by atoms with Crippen LogP contribution in [0.1, 0.15) is 22.8 Å². The maximum absolute atomic E-state index is 12.2. The fraction of sp³-hybridized carbons (Fsp3) is 0.111. The minimum atomic E-state index is -0.602. The molecule has 0 fully saturated rings. The second-order valence-electron chi connectivity index (χ2n) is 4.68. The molecule has 0 saturated carbocycles. The van der Waals surface area contributed by atoms with Crippen molar-refractivity contribution in [3.63, 3.8) is 0 Å². The number of nitriles is 1. The molecule has 2 rings (SSSR count). The van der Waals surface area contributed by atoms with Crippen LogP contribution >= 0.6 is 0 Å². The van der Waals surface area contributed by atoms with Gasteiger partial charge < -0.3 is 10.1 Å². The SMILES string of the molecule is CCOC(=O)c1ccnc(NC(=O)/C(C#N)=C/c2ccccc2)c1. The van der Waals surface area contributed by atoms with E-state index in [1.165, 1.54) is 24.4 Å². The lowest BCUT2D eigenvalue weighted by Gasteiger charge is -2.06. The largest absolute Gasteiger partial charge is 0.462 e. The number of rotatable bonds is 5. The van der Waals surface area contributed by atoms with Crippen LogP contribution in [0.4, 0.5) is 5.82 Å². The topological polar surface area (TPSA) is 92.1 Å². The van der Waals surface area contributed by atoms with E-state index in [1.54, 1.807) is 19.1 Å². The molecule has 1 aromatic heterocycles. The third-order valence-electron chi connectivity index (χ3n) is 2.99. The lowest BCUT2D eigenvalue weighted by molar-refractivity contribution is -0.112. The number of amides is 1. The fourth-order valence-corrected chi connectivity index (χ4v) is 1.89. The number of ether oxygens (including phenoxy) is 1. The summed E-state index contributed by atoms with van der Waals surface area (Å²) in [5.41, 5.74) is 0.940. The van der Waals surface area contributed by atoms with E-state index in [4.69, 9.17) is 4.74 Å². The number of nitrogens with zero attached hydrogens (tertiary/aromatic N) is 2. The number of hydrogen-bond donors (Lipinski definition) is 1. The third kappa shape index (κ3) is 4.52. The molecule has 120 valence electrons. The van der Waals surface area contributed by atoms with Crippen molar-refractivity contribution in [2.45, 2.75) is 6.92 Å². The Bertz CT molecular complexity index is 808. The Labute approximate surface area is 139 Å². The van der Waals surface area contributed by atoms with Crippen molar-refractivity contribution >= 4 is 23.8 Å². The number of aromatic nitrogens is 1.